The second kappa shape index (κ2) is 6.73. The van der Waals surface area contributed by atoms with Crippen LogP contribution in [0.15, 0.2) is 0 Å². The van der Waals surface area contributed by atoms with E-state index in [1.165, 1.54) is 57.9 Å². The molecule has 1 saturated heterocycles. The van der Waals surface area contributed by atoms with Gasteiger partial charge in [-0.05, 0) is 51.6 Å². The van der Waals surface area contributed by atoms with Crippen LogP contribution in [0.4, 0.5) is 0 Å². The van der Waals surface area contributed by atoms with Gasteiger partial charge in [0.05, 0.1) is 0 Å². The summed E-state index contributed by atoms with van der Waals surface area (Å²) >= 11 is 0. The number of likely N-dealkylation sites (tertiary alicyclic amines) is 1. The molecule has 0 aromatic carbocycles. The largest absolute Gasteiger partial charge is 0.296 e. The lowest BCUT2D eigenvalue weighted by Crippen LogP contribution is -2.60. The Bertz CT molecular complexity index is 399. The van der Waals surface area contributed by atoms with Gasteiger partial charge in [-0.1, -0.05) is 12.8 Å². The van der Waals surface area contributed by atoms with Gasteiger partial charge in [0.1, 0.15) is 9.84 Å². The van der Waals surface area contributed by atoms with Crippen molar-refractivity contribution in [1.82, 2.24) is 10.3 Å². The third-order valence-corrected chi connectivity index (χ3v) is 6.09. The zero-order chi connectivity index (χ0) is 14.6. The third kappa shape index (κ3) is 3.72. The number of nitrogens with two attached hydrogens (primary N) is 1. The molecule has 0 spiro atoms. The summed E-state index contributed by atoms with van der Waals surface area (Å²) < 4.78 is 22.6. The van der Waals surface area contributed by atoms with Crippen molar-refractivity contribution in [1.29, 1.82) is 0 Å². The number of hydrazine groups is 1. The highest BCUT2D eigenvalue weighted by atomic mass is 32.2. The Morgan fingerprint density at radius 3 is 2.30 bits per heavy atom. The highest BCUT2D eigenvalue weighted by molar-refractivity contribution is 7.90. The molecule has 2 rings (SSSR count). The summed E-state index contributed by atoms with van der Waals surface area (Å²) in [6.07, 6.45) is 10.3. The van der Waals surface area contributed by atoms with Crippen molar-refractivity contribution in [2.75, 3.05) is 25.1 Å². The van der Waals surface area contributed by atoms with Gasteiger partial charge in [-0.25, -0.2) is 8.42 Å². The highest BCUT2D eigenvalue weighted by Gasteiger charge is 2.45. The van der Waals surface area contributed by atoms with Crippen LogP contribution in [-0.4, -0.2) is 50.0 Å². The van der Waals surface area contributed by atoms with Crippen molar-refractivity contribution < 1.29 is 8.42 Å². The Labute approximate surface area is 123 Å². The minimum atomic E-state index is -2.87. The summed E-state index contributed by atoms with van der Waals surface area (Å²) in [7, 11) is -2.87. The summed E-state index contributed by atoms with van der Waals surface area (Å²) in [6.45, 7) is 2.34. The Balaban J connectivity index is 2.01. The zero-order valence-corrected chi connectivity index (χ0v) is 13.4. The number of nitrogens with zero attached hydrogens (tertiary/aromatic N) is 1. The van der Waals surface area contributed by atoms with Gasteiger partial charge < -0.3 is 0 Å². The normalized spacial score (nSPS) is 25.1. The molecule has 0 aromatic heterocycles. The minimum Gasteiger partial charge on any atom is -0.296 e. The van der Waals surface area contributed by atoms with Gasteiger partial charge in [-0.2, -0.15) is 0 Å². The third-order valence-electron chi connectivity index (χ3n) is 5.06. The number of hydrogen-bond acceptors (Lipinski definition) is 5. The van der Waals surface area contributed by atoms with E-state index in [9.17, 15) is 8.42 Å². The molecule has 6 heteroatoms. The maximum Gasteiger partial charge on any atom is 0.147 e. The van der Waals surface area contributed by atoms with E-state index in [0.29, 0.717) is 6.42 Å². The van der Waals surface area contributed by atoms with Crippen LogP contribution in [0, 0.1) is 0 Å². The molecule has 2 aliphatic rings. The molecule has 0 bridgehead atoms. The summed E-state index contributed by atoms with van der Waals surface area (Å²) in [6, 6.07) is 0.213. The van der Waals surface area contributed by atoms with Gasteiger partial charge in [0.25, 0.3) is 0 Å². The summed E-state index contributed by atoms with van der Waals surface area (Å²) in [4.78, 5) is 2.62. The van der Waals surface area contributed by atoms with E-state index in [-0.39, 0.29) is 17.3 Å². The van der Waals surface area contributed by atoms with Crippen LogP contribution in [0.25, 0.3) is 0 Å². The predicted molar refractivity (Wildman–Crippen MR) is 82.1 cm³/mol. The average Bonchev–Trinajstić information content (AvgIpc) is 3.03. The van der Waals surface area contributed by atoms with E-state index in [1.54, 1.807) is 0 Å². The molecule has 0 amide bonds. The summed E-state index contributed by atoms with van der Waals surface area (Å²) in [5.74, 6) is 6.09. The summed E-state index contributed by atoms with van der Waals surface area (Å²) in [5.41, 5.74) is 3.18. The van der Waals surface area contributed by atoms with Crippen LogP contribution in [0.1, 0.15) is 51.4 Å². The fourth-order valence-electron chi connectivity index (χ4n) is 4.09. The second-order valence-electron chi connectivity index (χ2n) is 6.50. The fraction of sp³-hybridized carbons (Fsp3) is 1.00. The Hall–Kier alpha value is -0.170. The number of hydrogen-bond donors (Lipinski definition) is 2. The molecule has 1 atom stereocenters. The van der Waals surface area contributed by atoms with Crippen molar-refractivity contribution in [3.8, 4) is 0 Å². The van der Waals surface area contributed by atoms with Crippen molar-refractivity contribution in [2.45, 2.75) is 62.9 Å². The Morgan fingerprint density at radius 2 is 1.80 bits per heavy atom. The van der Waals surface area contributed by atoms with E-state index in [4.69, 9.17) is 5.84 Å². The minimum absolute atomic E-state index is 0.169. The van der Waals surface area contributed by atoms with E-state index in [2.05, 4.69) is 10.3 Å². The van der Waals surface area contributed by atoms with Gasteiger partial charge >= 0.3 is 0 Å². The van der Waals surface area contributed by atoms with Crippen molar-refractivity contribution in [3.05, 3.63) is 0 Å². The van der Waals surface area contributed by atoms with Crippen LogP contribution < -0.4 is 11.3 Å². The first-order chi connectivity index (χ1) is 9.48. The molecule has 118 valence electrons. The van der Waals surface area contributed by atoms with E-state index < -0.39 is 9.84 Å². The smallest absolute Gasteiger partial charge is 0.147 e. The van der Waals surface area contributed by atoms with Gasteiger partial charge in [0.15, 0.2) is 0 Å². The molecular weight excluding hydrogens is 274 g/mol. The first-order valence-corrected chi connectivity index (χ1v) is 9.93. The van der Waals surface area contributed by atoms with Crippen LogP contribution in [0.5, 0.6) is 0 Å². The molecule has 0 radical (unpaired) electrons. The van der Waals surface area contributed by atoms with Crippen molar-refractivity contribution in [3.63, 3.8) is 0 Å². The molecular formula is C14H29N3O2S. The van der Waals surface area contributed by atoms with Gasteiger partial charge in [0, 0.05) is 23.6 Å². The standard InChI is InChI=1S/C14H29N3O2S/c1-20(18,19)12-6-7-13(16-15)14(8-2-3-9-14)17-10-4-5-11-17/h13,16H,2-12,15H2,1H3. The second-order valence-corrected chi connectivity index (χ2v) is 8.76. The zero-order valence-electron chi connectivity index (χ0n) is 12.6. The average molecular weight is 303 g/mol. The van der Waals surface area contributed by atoms with Crippen LogP contribution in [0.3, 0.4) is 0 Å². The molecule has 1 saturated carbocycles. The van der Waals surface area contributed by atoms with Gasteiger partial charge in [-0.15, -0.1) is 0 Å². The molecule has 1 aliphatic carbocycles. The fourth-order valence-corrected chi connectivity index (χ4v) is 4.78. The van der Waals surface area contributed by atoms with E-state index in [0.717, 1.165) is 6.42 Å². The molecule has 0 aromatic rings. The number of rotatable bonds is 7. The van der Waals surface area contributed by atoms with E-state index in [1.807, 2.05) is 0 Å². The quantitative estimate of drug-likeness (QED) is 0.543. The molecule has 1 unspecified atom stereocenters. The molecule has 1 aliphatic heterocycles. The molecule has 2 fully saturated rings. The van der Waals surface area contributed by atoms with Crippen LogP contribution >= 0.6 is 0 Å². The monoisotopic (exact) mass is 303 g/mol. The summed E-state index contributed by atoms with van der Waals surface area (Å²) in [5, 5.41) is 0. The molecule has 20 heavy (non-hydrogen) atoms. The van der Waals surface area contributed by atoms with Crippen molar-refractivity contribution in [2.24, 2.45) is 5.84 Å². The van der Waals surface area contributed by atoms with Gasteiger partial charge in [0.2, 0.25) is 0 Å². The maximum absolute atomic E-state index is 11.3. The SMILES string of the molecule is CS(=O)(=O)CCCC(NN)C1(N2CCCC2)CCCC1. The predicted octanol–water partition coefficient (Wildman–Crippen LogP) is 1.05. The lowest BCUT2D eigenvalue weighted by Gasteiger charge is -2.45. The number of sulfone groups is 1. The maximum atomic E-state index is 11.3. The van der Waals surface area contributed by atoms with E-state index >= 15 is 0 Å². The topological polar surface area (TPSA) is 75.4 Å². The molecule has 1 heterocycles. The number of nitrogens with one attached hydrogen (secondary N) is 1. The lowest BCUT2D eigenvalue weighted by molar-refractivity contribution is 0.0727. The van der Waals surface area contributed by atoms with Gasteiger partial charge in [-0.3, -0.25) is 16.2 Å². The Kier molecular flexibility index (Phi) is 5.45. The Morgan fingerprint density at radius 1 is 1.20 bits per heavy atom. The highest BCUT2D eigenvalue weighted by Crippen LogP contribution is 2.41. The first kappa shape index (κ1) is 16.2. The lowest BCUT2D eigenvalue weighted by atomic mass is 9.84. The van der Waals surface area contributed by atoms with Crippen LogP contribution in [-0.2, 0) is 9.84 Å². The first-order valence-electron chi connectivity index (χ1n) is 7.87. The van der Waals surface area contributed by atoms with Crippen LogP contribution in [0.2, 0.25) is 0 Å². The van der Waals surface area contributed by atoms with Crippen molar-refractivity contribution >= 4 is 9.84 Å². The molecule has 3 N–H and O–H groups in total. The molecule has 5 nitrogen and oxygen atoms in total.